The van der Waals surface area contributed by atoms with Crippen molar-refractivity contribution in [2.75, 3.05) is 5.01 Å². The Hall–Kier alpha value is -2.39. The molecule has 24 heavy (non-hydrogen) atoms. The van der Waals surface area contributed by atoms with Crippen LogP contribution in [0.25, 0.3) is 0 Å². The third kappa shape index (κ3) is 2.76. The van der Waals surface area contributed by atoms with E-state index in [1.165, 1.54) is 5.56 Å². The smallest absolute Gasteiger partial charge is 0.0957 e. The lowest BCUT2D eigenvalue weighted by Gasteiger charge is -2.26. The maximum atomic E-state index is 4.97. The molecule has 3 heteroatoms. The Kier molecular flexibility index (Phi) is 4.18. The third-order valence-electron chi connectivity index (χ3n) is 4.25. The van der Waals surface area contributed by atoms with Crippen molar-refractivity contribution in [2.45, 2.75) is 10.9 Å². The van der Waals surface area contributed by atoms with Gasteiger partial charge in [0.15, 0.2) is 0 Å². The first-order valence-corrected chi connectivity index (χ1v) is 8.93. The first kappa shape index (κ1) is 15.2. The number of halogens is 1. The number of benzene rings is 3. The summed E-state index contributed by atoms with van der Waals surface area (Å²) in [6.45, 7) is 0. The average molecular weight is 377 g/mol. The van der Waals surface area contributed by atoms with E-state index in [9.17, 15) is 0 Å². The van der Waals surface area contributed by atoms with Crippen LogP contribution in [0.15, 0.2) is 96.1 Å². The number of alkyl halides is 1. The van der Waals surface area contributed by atoms with Crippen LogP contribution in [-0.2, 0) is 0 Å². The molecule has 0 aromatic heterocycles. The molecule has 0 aliphatic carbocycles. The van der Waals surface area contributed by atoms with Crippen LogP contribution in [0.5, 0.6) is 0 Å². The lowest BCUT2D eigenvalue weighted by atomic mass is 9.98. The van der Waals surface area contributed by atoms with E-state index < -0.39 is 0 Å². The summed E-state index contributed by atoms with van der Waals surface area (Å²) in [4.78, 5) is 0.127. The van der Waals surface area contributed by atoms with Crippen LogP contribution in [0, 0.1) is 0 Å². The topological polar surface area (TPSA) is 15.6 Å². The summed E-state index contributed by atoms with van der Waals surface area (Å²) in [6, 6.07) is 31.4. The molecule has 2 nitrogen and oxygen atoms in total. The van der Waals surface area contributed by atoms with E-state index in [4.69, 9.17) is 5.10 Å². The predicted octanol–water partition coefficient (Wildman–Crippen LogP) is 5.42. The summed E-state index contributed by atoms with van der Waals surface area (Å²) in [5.41, 5.74) is 4.56. The predicted molar refractivity (Wildman–Crippen MR) is 104 cm³/mol. The van der Waals surface area contributed by atoms with Crippen LogP contribution in [-0.4, -0.2) is 10.5 Å². The molecule has 0 bridgehead atoms. The molecule has 0 radical (unpaired) electrons. The molecule has 118 valence electrons. The number of nitrogens with zero attached hydrogens (tertiary/aromatic N) is 2. The normalized spacial score (nSPS) is 20.0. The van der Waals surface area contributed by atoms with E-state index in [-0.39, 0.29) is 10.9 Å². The van der Waals surface area contributed by atoms with Crippen molar-refractivity contribution in [2.24, 2.45) is 5.10 Å². The molecule has 0 N–H and O–H groups in total. The monoisotopic (exact) mass is 376 g/mol. The van der Waals surface area contributed by atoms with E-state index in [1.807, 2.05) is 18.2 Å². The van der Waals surface area contributed by atoms with Crippen molar-refractivity contribution in [1.82, 2.24) is 0 Å². The van der Waals surface area contributed by atoms with Gasteiger partial charge in [-0.2, -0.15) is 5.10 Å². The van der Waals surface area contributed by atoms with E-state index in [0.717, 1.165) is 17.0 Å². The molecule has 0 saturated carbocycles. The summed E-state index contributed by atoms with van der Waals surface area (Å²) in [5, 5.41) is 7.09. The molecule has 0 amide bonds. The minimum Gasteiger partial charge on any atom is -0.256 e. The number of hydrogen-bond acceptors (Lipinski definition) is 2. The largest absolute Gasteiger partial charge is 0.256 e. The first-order chi connectivity index (χ1) is 11.8. The summed E-state index contributed by atoms with van der Waals surface area (Å²) in [7, 11) is 0. The SMILES string of the molecule is BrC1C(c2ccccc2)=NN(c2ccccc2)C1c1ccccc1. The Bertz CT molecular complexity index is 831. The van der Waals surface area contributed by atoms with Crippen LogP contribution < -0.4 is 5.01 Å². The second-order valence-corrected chi connectivity index (χ2v) is 6.78. The second-order valence-electron chi connectivity index (χ2n) is 5.79. The van der Waals surface area contributed by atoms with Crippen LogP contribution >= 0.6 is 15.9 Å². The second kappa shape index (κ2) is 6.62. The van der Waals surface area contributed by atoms with E-state index in [1.54, 1.807) is 0 Å². The molecule has 1 heterocycles. The van der Waals surface area contributed by atoms with Gasteiger partial charge >= 0.3 is 0 Å². The zero-order chi connectivity index (χ0) is 16.4. The zero-order valence-electron chi connectivity index (χ0n) is 13.1. The van der Waals surface area contributed by atoms with Crippen molar-refractivity contribution >= 4 is 27.3 Å². The summed E-state index contributed by atoms with van der Waals surface area (Å²) in [5.74, 6) is 0. The van der Waals surface area contributed by atoms with E-state index >= 15 is 0 Å². The Balaban J connectivity index is 1.81. The molecule has 3 aromatic rings. The van der Waals surface area contributed by atoms with Gasteiger partial charge in [0, 0.05) is 0 Å². The molecule has 1 aliphatic rings. The van der Waals surface area contributed by atoms with Crippen molar-refractivity contribution in [1.29, 1.82) is 0 Å². The molecule has 0 saturated heterocycles. The highest BCUT2D eigenvalue weighted by Gasteiger charge is 2.37. The fourth-order valence-corrected chi connectivity index (χ4v) is 3.98. The number of para-hydroxylation sites is 1. The fourth-order valence-electron chi connectivity index (χ4n) is 3.09. The third-order valence-corrected chi connectivity index (χ3v) is 5.18. The number of anilines is 1. The molecular weight excluding hydrogens is 360 g/mol. The fraction of sp³-hybridized carbons (Fsp3) is 0.0952. The highest BCUT2D eigenvalue weighted by Crippen LogP contribution is 2.40. The first-order valence-electron chi connectivity index (χ1n) is 8.02. The van der Waals surface area contributed by atoms with Gasteiger partial charge in [0.2, 0.25) is 0 Å². The molecule has 0 fully saturated rings. The Morgan fingerprint density at radius 3 is 1.88 bits per heavy atom. The molecule has 3 aromatic carbocycles. The highest BCUT2D eigenvalue weighted by molar-refractivity contribution is 9.10. The quantitative estimate of drug-likeness (QED) is 0.557. The van der Waals surface area contributed by atoms with Crippen molar-refractivity contribution in [3.05, 3.63) is 102 Å². The lowest BCUT2D eigenvalue weighted by molar-refractivity contribution is 0.722. The maximum absolute atomic E-state index is 4.97. The minimum absolute atomic E-state index is 0.127. The van der Waals surface area contributed by atoms with Gasteiger partial charge in [-0.25, -0.2) is 0 Å². The van der Waals surface area contributed by atoms with Gasteiger partial charge in [-0.3, -0.25) is 5.01 Å². The number of hydrazone groups is 1. The zero-order valence-corrected chi connectivity index (χ0v) is 14.7. The molecule has 2 unspecified atom stereocenters. The van der Waals surface area contributed by atoms with Gasteiger partial charge in [0.25, 0.3) is 0 Å². The van der Waals surface area contributed by atoms with E-state index in [2.05, 4.69) is 93.7 Å². The van der Waals surface area contributed by atoms with Gasteiger partial charge < -0.3 is 0 Å². The maximum Gasteiger partial charge on any atom is 0.0957 e. The number of hydrogen-bond donors (Lipinski definition) is 0. The van der Waals surface area contributed by atoms with Crippen molar-refractivity contribution < 1.29 is 0 Å². The van der Waals surface area contributed by atoms with Crippen molar-refractivity contribution in [3.8, 4) is 0 Å². The molecule has 2 atom stereocenters. The Morgan fingerprint density at radius 2 is 1.25 bits per heavy atom. The molecule has 0 spiro atoms. The van der Waals surface area contributed by atoms with Gasteiger partial charge in [0.1, 0.15) is 0 Å². The number of rotatable bonds is 3. The Morgan fingerprint density at radius 1 is 0.708 bits per heavy atom. The van der Waals surface area contributed by atoms with E-state index in [0.29, 0.717) is 0 Å². The van der Waals surface area contributed by atoms with Gasteiger partial charge in [0.05, 0.1) is 22.3 Å². The van der Waals surface area contributed by atoms with Crippen LogP contribution in [0.4, 0.5) is 5.69 Å². The molecule has 4 rings (SSSR count). The summed E-state index contributed by atoms with van der Waals surface area (Å²) < 4.78 is 0. The van der Waals surface area contributed by atoms with Gasteiger partial charge in [-0.15, -0.1) is 0 Å². The molecule has 1 aliphatic heterocycles. The van der Waals surface area contributed by atoms with Gasteiger partial charge in [-0.1, -0.05) is 94.8 Å². The van der Waals surface area contributed by atoms with Gasteiger partial charge in [-0.05, 0) is 23.3 Å². The van der Waals surface area contributed by atoms with Crippen molar-refractivity contribution in [3.63, 3.8) is 0 Å². The average Bonchev–Trinajstić information content (AvgIpc) is 3.01. The summed E-state index contributed by atoms with van der Waals surface area (Å²) in [6.07, 6.45) is 0. The summed E-state index contributed by atoms with van der Waals surface area (Å²) >= 11 is 3.91. The van der Waals surface area contributed by atoms with Crippen LogP contribution in [0.1, 0.15) is 17.2 Å². The molecular formula is C21H17BrN2. The van der Waals surface area contributed by atoms with Crippen LogP contribution in [0.3, 0.4) is 0 Å². The minimum atomic E-state index is 0.127. The standard InChI is InChI=1S/C21H17BrN2/c22-19-20(16-10-4-1-5-11-16)23-24(18-14-8-3-9-15-18)21(19)17-12-6-2-7-13-17/h1-15,19,21H. The highest BCUT2D eigenvalue weighted by atomic mass is 79.9. The Labute approximate surface area is 150 Å². The van der Waals surface area contributed by atoms with Crippen LogP contribution in [0.2, 0.25) is 0 Å². The lowest BCUT2D eigenvalue weighted by Crippen LogP contribution is -2.25.